The molecule has 2 aromatic rings. The molecule has 200 valence electrons. The van der Waals surface area contributed by atoms with Gasteiger partial charge in [-0.2, -0.15) is 13.7 Å². The summed E-state index contributed by atoms with van der Waals surface area (Å²) in [6.07, 6.45) is 2.69. The maximum Gasteiger partial charge on any atom is 0.297 e. The number of benzene rings is 2. The van der Waals surface area contributed by atoms with Gasteiger partial charge in [0.1, 0.15) is 12.7 Å². The van der Waals surface area contributed by atoms with Crippen molar-refractivity contribution in [1.82, 2.24) is 0 Å². The van der Waals surface area contributed by atoms with Crippen LogP contribution in [0.15, 0.2) is 84.8 Å². The molecule has 0 aliphatic rings. The van der Waals surface area contributed by atoms with Crippen LogP contribution in [0, 0.1) is 18.3 Å². The predicted octanol–water partition coefficient (Wildman–Crippen LogP) is 5.51. The monoisotopic (exact) mass is 527 g/mol. The van der Waals surface area contributed by atoms with Gasteiger partial charge in [-0.25, -0.2) is 0 Å². The van der Waals surface area contributed by atoms with Crippen molar-refractivity contribution in [2.45, 2.75) is 69.0 Å². The molecule has 0 saturated heterocycles. The van der Waals surface area contributed by atoms with Gasteiger partial charge in [-0.3, -0.25) is 4.18 Å². The Hall–Kier alpha value is -2.80. The summed E-state index contributed by atoms with van der Waals surface area (Å²) in [6.45, 7) is 11.4. The molecule has 0 spiro atoms. The molecule has 0 aliphatic heterocycles. The highest BCUT2D eigenvalue weighted by Crippen LogP contribution is 2.22. The average molecular weight is 528 g/mol. The second-order valence-electron chi connectivity index (χ2n) is 8.56. The molecule has 0 fully saturated rings. The quantitative estimate of drug-likeness (QED) is 0.186. The SMILES string of the molecule is C=CC[C@H](OCc1ccccc1)[C@H](CC)O[C@@H](COS(=O)(=O)c1ccc(C)cc1)[C@H](CC=C)OCC#N. The van der Waals surface area contributed by atoms with E-state index < -0.39 is 28.4 Å². The second-order valence-corrected chi connectivity index (χ2v) is 10.2. The van der Waals surface area contributed by atoms with E-state index in [0.29, 0.717) is 25.9 Å². The Morgan fingerprint density at radius 3 is 2.11 bits per heavy atom. The third-order valence-electron chi connectivity index (χ3n) is 5.75. The molecule has 37 heavy (non-hydrogen) atoms. The van der Waals surface area contributed by atoms with Gasteiger partial charge in [0, 0.05) is 0 Å². The van der Waals surface area contributed by atoms with Crippen LogP contribution in [0.4, 0.5) is 0 Å². The van der Waals surface area contributed by atoms with E-state index in [2.05, 4.69) is 13.2 Å². The first-order chi connectivity index (χ1) is 17.8. The van der Waals surface area contributed by atoms with Crippen molar-refractivity contribution in [1.29, 1.82) is 5.26 Å². The van der Waals surface area contributed by atoms with Gasteiger partial charge in [-0.1, -0.05) is 67.1 Å². The number of hydrogen-bond acceptors (Lipinski definition) is 7. The summed E-state index contributed by atoms with van der Waals surface area (Å²) in [7, 11) is -4.03. The largest absolute Gasteiger partial charge is 0.371 e. The van der Waals surface area contributed by atoms with Crippen molar-refractivity contribution in [2.75, 3.05) is 13.2 Å². The summed E-state index contributed by atoms with van der Waals surface area (Å²) in [5, 5.41) is 9.06. The van der Waals surface area contributed by atoms with Gasteiger partial charge in [-0.05, 0) is 43.9 Å². The third-order valence-corrected chi connectivity index (χ3v) is 7.04. The van der Waals surface area contributed by atoms with E-state index in [4.69, 9.17) is 23.7 Å². The highest BCUT2D eigenvalue weighted by atomic mass is 32.2. The Balaban J connectivity index is 2.24. The number of nitrogens with zero attached hydrogens (tertiary/aromatic N) is 1. The number of hydrogen-bond donors (Lipinski definition) is 0. The van der Waals surface area contributed by atoms with Crippen molar-refractivity contribution < 1.29 is 26.8 Å². The summed E-state index contributed by atoms with van der Waals surface area (Å²) in [6, 6.07) is 18.2. The lowest BCUT2D eigenvalue weighted by atomic mass is 10.1. The van der Waals surface area contributed by atoms with Crippen LogP contribution >= 0.6 is 0 Å². The van der Waals surface area contributed by atoms with E-state index in [1.54, 1.807) is 24.3 Å². The van der Waals surface area contributed by atoms with Gasteiger partial charge in [0.25, 0.3) is 10.1 Å². The van der Waals surface area contributed by atoms with E-state index in [1.165, 1.54) is 12.1 Å². The molecule has 4 atom stereocenters. The second kappa shape index (κ2) is 16.1. The highest BCUT2D eigenvalue weighted by molar-refractivity contribution is 7.86. The minimum absolute atomic E-state index is 0.0535. The molecular weight excluding hydrogens is 490 g/mol. The molecule has 0 saturated carbocycles. The normalized spacial score (nSPS) is 14.7. The summed E-state index contributed by atoms with van der Waals surface area (Å²) < 4.78 is 49.5. The molecule has 0 amide bonds. The van der Waals surface area contributed by atoms with Crippen molar-refractivity contribution in [3.63, 3.8) is 0 Å². The van der Waals surface area contributed by atoms with Crippen LogP contribution in [0.5, 0.6) is 0 Å². The van der Waals surface area contributed by atoms with Gasteiger partial charge in [0.05, 0.1) is 42.5 Å². The first-order valence-electron chi connectivity index (χ1n) is 12.3. The minimum Gasteiger partial charge on any atom is -0.371 e. The highest BCUT2D eigenvalue weighted by Gasteiger charge is 2.31. The Labute approximate surface area is 221 Å². The number of rotatable bonds is 18. The van der Waals surface area contributed by atoms with Gasteiger partial charge >= 0.3 is 0 Å². The molecule has 0 heterocycles. The van der Waals surface area contributed by atoms with E-state index in [-0.39, 0.29) is 24.2 Å². The fraction of sp³-hybridized carbons (Fsp3) is 0.414. The van der Waals surface area contributed by atoms with E-state index in [1.807, 2.05) is 50.2 Å². The summed E-state index contributed by atoms with van der Waals surface area (Å²) in [4.78, 5) is 0.0535. The maximum atomic E-state index is 12.9. The van der Waals surface area contributed by atoms with Crippen molar-refractivity contribution >= 4 is 10.1 Å². The molecule has 2 aromatic carbocycles. The molecule has 0 aromatic heterocycles. The lowest BCUT2D eigenvalue weighted by Crippen LogP contribution is -2.43. The Kier molecular flexibility index (Phi) is 13.3. The van der Waals surface area contributed by atoms with Gasteiger partial charge in [0.2, 0.25) is 0 Å². The van der Waals surface area contributed by atoms with Crippen LogP contribution in [0.3, 0.4) is 0 Å². The Bertz CT molecular complexity index is 1100. The van der Waals surface area contributed by atoms with E-state index >= 15 is 0 Å². The molecule has 8 heteroatoms. The van der Waals surface area contributed by atoms with E-state index in [0.717, 1.165) is 11.1 Å². The lowest BCUT2D eigenvalue weighted by molar-refractivity contribution is -0.151. The zero-order chi connectivity index (χ0) is 27.1. The third kappa shape index (κ3) is 10.2. The number of nitriles is 1. The zero-order valence-corrected chi connectivity index (χ0v) is 22.4. The predicted molar refractivity (Wildman–Crippen MR) is 143 cm³/mol. The molecule has 0 N–H and O–H groups in total. The minimum atomic E-state index is -4.03. The molecular formula is C29H37NO6S. The molecule has 0 bridgehead atoms. The molecule has 7 nitrogen and oxygen atoms in total. The van der Waals surface area contributed by atoms with Gasteiger partial charge < -0.3 is 14.2 Å². The van der Waals surface area contributed by atoms with Gasteiger partial charge in [0.15, 0.2) is 0 Å². The van der Waals surface area contributed by atoms with E-state index in [9.17, 15) is 8.42 Å². The van der Waals surface area contributed by atoms with Crippen molar-refractivity contribution in [2.24, 2.45) is 0 Å². The van der Waals surface area contributed by atoms with Crippen LogP contribution < -0.4 is 0 Å². The Morgan fingerprint density at radius 1 is 0.919 bits per heavy atom. The maximum absolute atomic E-state index is 12.9. The summed E-state index contributed by atoms with van der Waals surface area (Å²) in [5.74, 6) is 0. The molecule has 0 aliphatic carbocycles. The van der Waals surface area contributed by atoms with Crippen molar-refractivity contribution in [3.05, 3.63) is 91.0 Å². The van der Waals surface area contributed by atoms with Crippen LogP contribution in [0.1, 0.15) is 37.3 Å². The fourth-order valence-electron chi connectivity index (χ4n) is 3.74. The smallest absolute Gasteiger partial charge is 0.297 e. The lowest BCUT2D eigenvalue weighted by Gasteiger charge is -2.33. The molecule has 0 radical (unpaired) electrons. The zero-order valence-electron chi connectivity index (χ0n) is 21.6. The van der Waals surface area contributed by atoms with Gasteiger partial charge in [-0.15, -0.1) is 13.2 Å². The summed E-state index contributed by atoms with van der Waals surface area (Å²) in [5.41, 5.74) is 1.96. The topological polar surface area (TPSA) is 94.8 Å². The summed E-state index contributed by atoms with van der Waals surface area (Å²) >= 11 is 0. The number of ether oxygens (including phenoxy) is 3. The van der Waals surface area contributed by atoms with Crippen molar-refractivity contribution in [3.8, 4) is 6.07 Å². The Morgan fingerprint density at radius 2 is 1.54 bits per heavy atom. The van der Waals surface area contributed by atoms with Crippen LogP contribution in [-0.4, -0.2) is 46.0 Å². The first kappa shape index (κ1) is 30.4. The molecule has 0 unspecified atom stereocenters. The molecule has 2 rings (SSSR count). The average Bonchev–Trinajstić information content (AvgIpc) is 2.90. The van der Waals surface area contributed by atoms with Crippen LogP contribution in [0.25, 0.3) is 0 Å². The standard InChI is InChI=1S/C29H37NO6S/c1-5-11-27(34-21-24-13-9-8-10-14-24)26(7-3)36-29(28(12-6-2)33-20-19-30)22-35-37(31,32)25-17-15-23(4)16-18-25/h5-6,8-10,13-18,26-29H,1-2,7,11-12,20-22H2,3-4H3/t26-,27-,28-,29-/m0/s1. The van der Waals surface area contributed by atoms with Crippen LogP contribution in [-0.2, 0) is 35.1 Å². The van der Waals surface area contributed by atoms with Crippen LogP contribution in [0.2, 0.25) is 0 Å². The number of aryl methyl sites for hydroxylation is 1. The first-order valence-corrected chi connectivity index (χ1v) is 13.7. The fourth-order valence-corrected chi connectivity index (χ4v) is 4.66.